The van der Waals surface area contributed by atoms with Gasteiger partial charge in [0.15, 0.2) is 0 Å². The second kappa shape index (κ2) is 6.44. The fraction of sp³-hybridized carbons (Fsp3) is 0.889. The summed E-state index contributed by atoms with van der Waals surface area (Å²) in [5, 5.41) is -0.257. The van der Waals surface area contributed by atoms with Crippen LogP contribution in [0.15, 0.2) is 0 Å². The number of halogens is 1. The second-order valence-electron chi connectivity index (χ2n) is 2.96. The molecule has 0 radical (unpaired) electrons. The summed E-state index contributed by atoms with van der Waals surface area (Å²) in [5.74, 6) is 0. The highest BCUT2D eigenvalue weighted by Gasteiger charge is 2.16. The van der Waals surface area contributed by atoms with Crippen molar-refractivity contribution in [3.63, 3.8) is 0 Å². The fourth-order valence-electron chi connectivity index (χ4n) is 1.13. The molecule has 0 aromatic carbocycles. The molecule has 0 rings (SSSR count). The van der Waals surface area contributed by atoms with E-state index in [2.05, 4.69) is 11.8 Å². The Hall–Kier alpha value is -0.0800. The van der Waals surface area contributed by atoms with Gasteiger partial charge in [0.1, 0.15) is 0 Å². The molecule has 1 atom stereocenters. The van der Waals surface area contributed by atoms with Gasteiger partial charge in [0.2, 0.25) is 5.24 Å². The quantitative estimate of drug-likeness (QED) is 0.601. The van der Waals surface area contributed by atoms with Crippen LogP contribution in [0.4, 0.5) is 0 Å². The van der Waals surface area contributed by atoms with Crippen molar-refractivity contribution in [2.45, 2.75) is 39.7 Å². The topological polar surface area (TPSA) is 20.3 Å². The van der Waals surface area contributed by atoms with Gasteiger partial charge in [0, 0.05) is 0 Å². The molecule has 2 nitrogen and oxygen atoms in total. The maximum Gasteiger partial charge on any atom is 0.238 e. The van der Waals surface area contributed by atoms with Crippen LogP contribution in [0.2, 0.25) is 0 Å². The van der Waals surface area contributed by atoms with E-state index in [0.29, 0.717) is 0 Å². The first-order chi connectivity index (χ1) is 5.63. The molecule has 1 unspecified atom stereocenters. The lowest BCUT2D eigenvalue weighted by Gasteiger charge is -2.24. The normalized spacial score (nSPS) is 13.4. The van der Waals surface area contributed by atoms with Crippen LogP contribution in [0, 0.1) is 0 Å². The predicted octanol–water partition coefficient (Wildman–Crippen LogP) is 2.26. The van der Waals surface area contributed by atoms with Crippen LogP contribution < -0.4 is 0 Å². The van der Waals surface area contributed by atoms with E-state index in [9.17, 15) is 4.79 Å². The van der Waals surface area contributed by atoms with E-state index < -0.39 is 0 Å². The molecule has 0 spiro atoms. The van der Waals surface area contributed by atoms with Gasteiger partial charge in [0.05, 0.1) is 6.04 Å². The maximum absolute atomic E-state index is 10.8. The molecule has 0 aliphatic heterocycles. The number of hydrogen-bond donors (Lipinski definition) is 0. The predicted molar refractivity (Wildman–Crippen MR) is 52.5 cm³/mol. The SMILES string of the molecule is CCCCN(CC)C(C)C(=O)Cl. The standard InChI is InChI=1S/C9H18ClNO/c1-4-6-7-11(5-2)8(3)9(10)12/h8H,4-7H2,1-3H3. The Morgan fingerprint density at radius 1 is 1.50 bits per heavy atom. The van der Waals surface area contributed by atoms with Crippen molar-refractivity contribution < 1.29 is 4.79 Å². The highest BCUT2D eigenvalue weighted by Crippen LogP contribution is 2.04. The monoisotopic (exact) mass is 191 g/mol. The molecule has 3 heteroatoms. The van der Waals surface area contributed by atoms with Crippen LogP contribution in [0.3, 0.4) is 0 Å². The first-order valence-electron chi connectivity index (χ1n) is 4.56. The van der Waals surface area contributed by atoms with E-state index in [1.165, 1.54) is 0 Å². The van der Waals surface area contributed by atoms with Crippen molar-refractivity contribution in [1.82, 2.24) is 4.90 Å². The molecule has 0 aromatic heterocycles. The number of carbonyl (C=O) groups is 1. The highest BCUT2D eigenvalue weighted by atomic mass is 35.5. The Bertz CT molecular complexity index is 138. The van der Waals surface area contributed by atoms with Gasteiger partial charge >= 0.3 is 0 Å². The van der Waals surface area contributed by atoms with Crippen LogP contribution in [-0.4, -0.2) is 29.3 Å². The van der Waals surface area contributed by atoms with Crippen molar-refractivity contribution in [3.8, 4) is 0 Å². The third-order valence-electron chi connectivity index (χ3n) is 2.08. The van der Waals surface area contributed by atoms with Crippen molar-refractivity contribution in [3.05, 3.63) is 0 Å². The third-order valence-corrected chi connectivity index (χ3v) is 2.40. The van der Waals surface area contributed by atoms with E-state index in [1.807, 2.05) is 13.8 Å². The number of carbonyl (C=O) groups excluding carboxylic acids is 1. The molecule has 0 saturated carbocycles. The lowest BCUT2D eigenvalue weighted by atomic mass is 10.2. The smallest absolute Gasteiger partial charge is 0.238 e. The van der Waals surface area contributed by atoms with E-state index in [1.54, 1.807) is 0 Å². The Balaban J connectivity index is 3.87. The summed E-state index contributed by atoms with van der Waals surface area (Å²) >= 11 is 5.40. The van der Waals surface area contributed by atoms with Crippen LogP contribution in [0.1, 0.15) is 33.6 Å². The van der Waals surface area contributed by atoms with Crippen LogP contribution in [0.5, 0.6) is 0 Å². The molecular formula is C9H18ClNO. The number of hydrogen-bond acceptors (Lipinski definition) is 2. The summed E-state index contributed by atoms with van der Waals surface area (Å²) in [7, 11) is 0. The van der Waals surface area contributed by atoms with Gasteiger partial charge in [0.25, 0.3) is 0 Å². The van der Waals surface area contributed by atoms with Crippen LogP contribution in [0.25, 0.3) is 0 Å². The van der Waals surface area contributed by atoms with Crippen molar-refractivity contribution in [1.29, 1.82) is 0 Å². The summed E-state index contributed by atoms with van der Waals surface area (Å²) in [6, 6.07) is -0.136. The zero-order valence-electron chi connectivity index (χ0n) is 8.14. The Labute approximate surface area is 79.9 Å². The molecule has 0 bridgehead atoms. The van der Waals surface area contributed by atoms with Gasteiger partial charge in [-0.25, -0.2) is 0 Å². The van der Waals surface area contributed by atoms with Crippen molar-refractivity contribution >= 4 is 16.8 Å². The minimum absolute atomic E-state index is 0.136. The van der Waals surface area contributed by atoms with Crippen molar-refractivity contribution in [2.75, 3.05) is 13.1 Å². The lowest BCUT2D eigenvalue weighted by Crippen LogP contribution is -2.37. The minimum Gasteiger partial charge on any atom is -0.293 e. The summed E-state index contributed by atoms with van der Waals surface area (Å²) in [4.78, 5) is 12.9. The molecule has 0 fully saturated rings. The molecule has 0 aliphatic rings. The van der Waals surface area contributed by atoms with Gasteiger partial charge in [-0.3, -0.25) is 9.69 Å². The largest absolute Gasteiger partial charge is 0.293 e. The summed E-state index contributed by atoms with van der Waals surface area (Å²) in [6.45, 7) is 7.90. The van der Waals surface area contributed by atoms with Crippen molar-refractivity contribution in [2.24, 2.45) is 0 Å². The van der Waals surface area contributed by atoms with Gasteiger partial charge < -0.3 is 0 Å². The molecule has 0 amide bonds. The number of likely N-dealkylation sites (N-methyl/N-ethyl adjacent to an activating group) is 1. The maximum atomic E-state index is 10.8. The van der Waals surface area contributed by atoms with E-state index in [-0.39, 0.29) is 11.3 Å². The fourth-order valence-corrected chi connectivity index (χ4v) is 1.27. The summed E-state index contributed by atoms with van der Waals surface area (Å²) in [5.41, 5.74) is 0. The molecule has 0 heterocycles. The van der Waals surface area contributed by atoms with Gasteiger partial charge in [-0.15, -0.1) is 0 Å². The molecule has 0 saturated heterocycles. The van der Waals surface area contributed by atoms with Gasteiger partial charge in [-0.2, -0.15) is 0 Å². The van der Waals surface area contributed by atoms with E-state index in [4.69, 9.17) is 11.6 Å². The minimum atomic E-state index is -0.257. The average Bonchev–Trinajstić information content (AvgIpc) is 2.05. The first kappa shape index (κ1) is 11.9. The van der Waals surface area contributed by atoms with E-state index >= 15 is 0 Å². The molecule has 0 aliphatic carbocycles. The average molecular weight is 192 g/mol. The number of unbranched alkanes of at least 4 members (excludes halogenated alkanes) is 1. The Morgan fingerprint density at radius 3 is 2.42 bits per heavy atom. The summed E-state index contributed by atoms with van der Waals surface area (Å²) < 4.78 is 0. The Kier molecular flexibility index (Phi) is 6.39. The lowest BCUT2D eigenvalue weighted by molar-refractivity contribution is -0.115. The molecule has 0 N–H and O–H groups in total. The highest BCUT2D eigenvalue weighted by molar-refractivity contribution is 6.64. The van der Waals surface area contributed by atoms with Crippen LogP contribution in [-0.2, 0) is 4.79 Å². The third kappa shape index (κ3) is 4.07. The second-order valence-corrected chi connectivity index (χ2v) is 3.33. The summed E-state index contributed by atoms with van der Waals surface area (Å²) in [6.07, 6.45) is 2.28. The number of nitrogens with zero attached hydrogens (tertiary/aromatic N) is 1. The van der Waals surface area contributed by atoms with Crippen LogP contribution >= 0.6 is 11.6 Å². The van der Waals surface area contributed by atoms with Gasteiger partial charge in [-0.05, 0) is 38.0 Å². The number of rotatable bonds is 6. The van der Waals surface area contributed by atoms with Gasteiger partial charge in [-0.1, -0.05) is 20.3 Å². The zero-order chi connectivity index (χ0) is 9.56. The zero-order valence-corrected chi connectivity index (χ0v) is 8.90. The van der Waals surface area contributed by atoms with E-state index in [0.717, 1.165) is 25.9 Å². The molecular weight excluding hydrogens is 174 g/mol. The molecule has 72 valence electrons. The molecule has 12 heavy (non-hydrogen) atoms. The molecule has 0 aromatic rings. The Morgan fingerprint density at radius 2 is 2.08 bits per heavy atom. The first-order valence-corrected chi connectivity index (χ1v) is 4.94.